The third kappa shape index (κ3) is 3.48. The van der Waals surface area contributed by atoms with E-state index in [1.807, 2.05) is 19.1 Å². The Hall–Kier alpha value is -1.54. The van der Waals surface area contributed by atoms with Crippen LogP contribution in [0.1, 0.15) is 31.0 Å². The maximum Gasteiger partial charge on any atom is 0.141 e. The van der Waals surface area contributed by atoms with Crippen molar-refractivity contribution in [1.29, 1.82) is 0 Å². The molecule has 0 fully saturated rings. The number of hydrogen-bond acceptors (Lipinski definition) is 1. The number of hydrogen-bond donors (Lipinski definition) is 1. The first kappa shape index (κ1) is 13.9. The Morgan fingerprint density at radius 3 is 2.68 bits per heavy atom. The second-order valence-corrected chi connectivity index (χ2v) is 5.00. The summed E-state index contributed by atoms with van der Waals surface area (Å²) in [6, 6.07) is 13.2. The van der Waals surface area contributed by atoms with Crippen LogP contribution in [0.15, 0.2) is 42.5 Å². The first-order valence-corrected chi connectivity index (χ1v) is 6.78. The molecule has 0 aliphatic rings. The second kappa shape index (κ2) is 6.07. The van der Waals surface area contributed by atoms with Gasteiger partial charge in [0.05, 0.1) is 5.02 Å². The molecule has 19 heavy (non-hydrogen) atoms. The van der Waals surface area contributed by atoms with Crippen LogP contribution in [-0.2, 0) is 6.42 Å². The van der Waals surface area contributed by atoms with Gasteiger partial charge in [-0.15, -0.1) is 0 Å². The molecule has 0 saturated heterocycles. The summed E-state index contributed by atoms with van der Waals surface area (Å²) in [6.45, 7) is 4.16. The Morgan fingerprint density at radius 2 is 2.00 bits per heavy atom. The van der Waals surface area contributed by atoms with Crippen LogP contribution in [0.2, 0.25) is 5.02 Å². The first-order chi connectivity index (χ1) is 9.10. The molecule has 0 aliphatic heterocycles. The summed E-state index contributed by atoms with van der Waals surface area (Å²) in [5, 5.41) is 3.56. The fourth-order valence-electron chi connectivity index (χ4n) is 2.00. The highest BCUT2D eigenvalue weighted by Gasteiger charge is 2.08. The molecule has 0 aromatic heterocycles. The first-order valence-electron chi connectivity index (χ1n) is 6.40. The van der Waals surface area contributed by atoms with Gasteiger partial charge in [0.25, 0.3) is 0 Å². The molecule has 3 heteroatoms. The summed E-state index contributed by atoms with van der Waals surface area (Å²) < 4.78 is 13.1. The zero-order valence-corrected chi connectivity index (χ0v) is 11.8. The molecule has 1 unspecified atom stereocenters. The van der Waals surface area contributed by atoms with Crippen LogP contribution in [0.4, 0.5) is 10.1 Å². The SMILES string of the molecule is CCc1cccc(NC(C)c2ccc(F)c(Cl)c2)c1. The van der Waals surface area contributed by atoms with E-state index in [0.717, 1.165) is 17.7 Å². The molecule has 0 spiro atoms. The smallest absolute Gasteiger partial charge is 0.141 e. The van der Waals surface area contributed by atoms with E-state index in [1.165, 1.54) is 11.6 Å². The van der Waals surface area contributed by atoms with E-state index in [1.54, 1.807) is 12.1 Å². The summed E-state index contributed by atoms with van der Waals surface area (Å²) in [6.07, 6.45) is 1.01. The van der Waals surface area contributed by atoms with Crippen LogP contribution in [0.3, 0.4) is 0 Å². The van der Waals surface area contributed by atoms with E-state index in [4.69, 9.17) is 11.6 Å². The van der Waals surface area contributed by atoms with Crippen molar-refractivity contribution in [2.45, 2.75) is 26.3 Å². The second-order valence-electron chi connectivity index (χ2n) is 4.59. The highest BCUT2D eigenvalue weighted by Crippen LogP contribution is 2.24. The van der Waals surface area contributed by atoms with Crippen LogP contribution >= 0.6 is 11.6 Å². The van der Waals surface area contributed by atoms with Crippen LogP contribution in [-0.4, -0.2) is 0 Å². The highest BCUT2D eigenvalue weighted by atomic mass is 35.5. The molecule has 1 nitrogen and oxygen atoms in total. The normalized spacial score (nSPS) is 12.2. The number of rotatable bonds is 4. The van der Waals surface area contributed by atoms with Gasteiger partial charge in [0.2, 0.25) is 0 Å². The molecular weight excluding hydrogens is 261 g/mol. The molecule has 0 saturated carbocycles. The number of aryl methyl sites for hydroxylation is 1. The maximum absolute atomic E-state index is 13.1. The molecule has 0 amide bonds. The van der Waals surface area contributed by atoms with E-state index in [0.29, 0.717) is 0 Å². The van der Waals surface area contributed by atoms with Crippen molar-refractivity contribution >= 4 is 17.3 Å². The number of benzene rings is 2. The molecule has 1 atom stereocenters. The largest absolute Gasteiger partial charge is 0.379 e. The van der Waals surface area contributed by atoms with Crippen LogP contribution < -0.4 is 5.32 Å². The lowest BCUT2D eigenvalue weighted by Gasteiger charge is -2.16. The summed E-state index contributed by atoms with van der Waals surface area (Å²) in [4.78, 5) is 0. The van der Waals surface area contributed by atoms with Gasteiger partial charge in [-0.05, 0) is 48.7 Å². The van der Waals surface area contributed by atoms with Gasteiger partial charge in [-0.25, -0.2) is 4.39 Å². The van der Waals surface area contributed by atoms with Crippen LogP contribution in [0, 0.1) is 5.82 Å². The van der Waals surface area contributed by atoms with E-state index in [9.17, 15) is 4.39 Å². The minimum Gasteiger partial charge on any atom is -0.379 e. The minimum atomic E-state index is -0.384. The van der Waals surface area contributed by atoms with Crippen molar-refractivity contribution in [1.82, 2.24) is 0 Å². The third-order valence-electron chi connectivity index (χ3n) is 3.16. The molecule has 2 rings (SSSR count). The van der Waals surface area contributed by atoms with Gasteiger partial charge in [0, 0.05) is 11.7 Å². The summed E-state index contributed by atoms with van der Waals surface area (Å²) in [7, 11) is 0. The quantitative estimate of drug-likeness (QED) is 0.808. The van der Waals surface area contributed by atoms with Gasteiger partial charge in [0.1, 0.15) is 5.82 Å². The lowest BCUT2D eigenvalue weighted by Crippen LogP contribution is -2.07. The Kier molecular flexibility index (Phi) is 4.43. The van der Waals surface area contributed by atoms with Gasteiger partial charge in [-0.1, -0.05) is 36.7 Å². The summed E-state index contributed by atoms with van der Waals surface area (Å²) in [5.74, 6) is -0.384. The van der Waals surface area contributed by atoms with Crippen molar-refractivity contribution in [2.75, 3.05) is 5.32 Å². The Balaban J connectivity index is 2.15. The Bertz CT molecular complexity index is 568. The Labute approximate surface area is 118 Å². The zero-order valence-electron chi connectivity index (χ0n) is 11.1. The van der Waals surface area contributed by atoms with Crippen LogP contribution in [0.25, 0.3) is 0 Å². The van der Waals surface area contributed by atoms with E-state index < -0.39 is 0 Å². The van der Waals surface area contributed by atoms with Crippen molar-refractivity contribution in [2.24, 2.45) is 0 Å². The van der Waals surface area contributed by atoms with Gasteiger partial charge < -0.3 is 5.32 Å². The van der Waals surface area contributed by atoms with Gasteiger partial charge in [-0.2, -0.15) is 0 Å². The summed E-state index contributed by atoms with van der Waals surface area (Å²) >= 11 is 5.81. The molecule has 0 aliphatic carbocycles. The van der Waals surface area contributed by atoms with Gasteiger partial charge >= 0.3 is 0 Å². The van der Waals surface area contributed by atoms with Crippen LogP contribution in [0.5, 0.6) is 0 Å². The van der Waals surface area contributed by atoms with Gasteiger partial charge in [0.15, 0.2) is 0 Å². The molecule has 2 aromatic rings. The van der Waals surface area contributed by atoms with E-state index in [2.05, 4.69) is 24.4 Å². The fourth-order valence-corrected chi connectivity index (χ4v) is 2.19. The zero-order chi connectivity index (χ0) is 13.8. The predicted molar refractivity (Wildman–Crippen MR) is 79.3 cm³/mol. The van der Waals surface area contributed by atoms with E-state index in [-0.39, 0.29) is 16.9 Å². The molecule has 100 valence electrons. The topological polar surface area (TPSA) is 12.0 Å². The minimum absolute atomic E-state index is 0.0743. The standard InChI is InChI=1S/C16H17ClFN/c1-3-12-5-4-6-14(9-12)19-11(2)13-7-8-16(18)15(17)10-13/h4-11,19H,3H2,1-2H3. The molecule has 0 radical (unpaired) electrons. The highest BCUT2D eigenvalue weighted by molar-refractivity contribution is 6.30. The number of nitrogens with one attached hydrogen (secondary N) is 1. The number of halogens is 2. The molecular formula is C16H17ClFN. The monoisotopic (exact) mass is 277 g/mol. The van der Waals surface area contributed by atoms with Crippen molar-refractivity contribution in [3.63, 3.8) is 0 Å². The molecule has 0 heterocycles. The van der Waals surface area contributed by atoms with Crippen molar-refractivity contribution in [3.8, 4) is 0 Å². The average molecular weight is 278 g/mol. The Morgan fingerprint density at radius 1 is 1.21 bits per heavy atom. The predicted octanol–water partition coefficient (Wildman–Crippen LogP) is 5.21. The maximum atomic E-state index is 13.1. The van der Waals surface area contributed by atoms with Crippen molar-refractivity contribution in [3.05, 3.63) is 64.4 Å². The summed E-state index contributed by atoms with van der Waals surface area (Å²) in [5.41, 5.74) is 3.31. The molecule has 2 aromatic carbocycles. The van der Waals surface area contributed by atoms with Gasteiger partial charge in [-0.3, -0.25) is 0 Å². The lowest BCUT2D eigenvalue weighted by molar-refractivity contribution is 0.627. The number of anilines is 1. The fraction of sp³-hybridized carbons (Fsp3) is 0.250. The van der Waals surface area contributed by atoms with Crippen molar-refractivity contribution < 1.29 is 4.39 Å². The average Bonchev–Trinajstić information content (AvgIpc) is 2.42. The third-order valence-corrected chi connectivity index (χ3v) is 3.45. The molecule has 1 N–H and O–H groups in total. The molecule has 0 bridgehead atoms. The lowest BCUT2D eigenvalue weighted by atomic mass is 10.1. The van der Waals surface area contributed by atoms with E-state index >= 15 is 0 Å².